The number of allylic oxidation sites excluding steroid dienone is 1. The SMILES string of the molecule is COc1cc2nc(N(C)CCCCC(=O)C3CCCO3)nc(N)c2cc1OC.COc1ccccc1N1CCN(CC(O)COc2cccc3ccccc23)CC1.Cc1ccccc1N1CCN(CCc2nnc3n2CCCC3)CC1.O=C(NC1CCN(CCC2=CCc3ccccc32)CC1)c1ccccc1. The smallest absolute Gasteiger partial charge is 0.251 e. The lowest BCUT2D eigenvalue weighted by molar-refractivity contribution is -0.127. The molecule has 4 N–H and O–H groups in total. The van der Waals surface area contributed by atoms with E-state index in [0.717, 1.165) is 195 Å². The second-order valence-electron chi connectivity index (χ2n) is 28.7. The molecule has 1 aliphatic carbocycles. The van der Waals surface area contributed by atoms with Crippen LogP contribution in [0.2, 0.25) is 0 Å². The molecule has 4 fully saturated rings. The number of ether oxygens (including phenoxy) is 5. The third-order valence-electron chi connectivity index (χ3n) is 21.5. The number of rotatable bonds is 25. The first kappa shape index (κ1) is 77.0. The number of aliphatic hydroxyl groups excluding tert-OH is 1. The van der Waals surface area contributed by atoms with Gasteiger partial charge in [0, 0.05) is 165 Å². The van der Waals surface area contributed by atoms with E-state index >= 15 is 0 Å². The molecule has 15 rings (SSSR count). The van der Waals surface area contributed by atoms with Crippen molar-refractivity contribution in [2.24, 2.45) is 0 Å². The number of fused-ring (bicyclic) bond motifs is 4. The first-order chi connectivity index (χ1) is 52.4. The third-order valence-corrected chi connectivity index (χ3v) is 21.5. The van der Waals surface area contributed by atoms with Crippen molar-refractivity contribution in [3.63, 3.8) is 0 Å². The summed E-state index contributed by atoms with van der Waals surface area (Å²) in [5.41, 5.74) is 15.9. The van der Waals surface area contributed by atoms with Gasteiger partial charge in [0.15, 0.2) is 17.3 Å². The molecule has 5 aliphatic heterocycles. The van der Waals surface area contributed by atoms with Gasteiger partial charge in [0.25, 0.3) is 5.91 Å². The van der Waals surface area contributed by atoms with Gasteiger partial charge in [-0.05, 0) is 141 Å². The number of likely N-dealkylation sites (tertiary alicyclic amines) is 1. The topological polar surface area (TPSA) is 214 Å². The van der Waals surface area contributed by atoms with E-state index in [9.17, 15) is 14.7 Å². The highest BCUT2D eigenvalue weighted by Gasteiger charge is 2.27. The Morgan fingerprint density at radius 2 is 1.31 bits per heavy atom. The minimum Gasteiger partial charge on any atom is -0.495 e. The molecule has 1 amide bonds. The van der Waals surface area contributed by atoms with Crippen LogP contribution in [0.5, 0.6) is 23.0 Å². The fourth-order valence-corrected chi connectivity index (χ4v) is 15.3. The van der Waals surface area contributed by atoms with Crippen LogP contribution < -0.4 is 44.7 Å². The molecule has 2 atom stereocenters. The minimum absolute atomic E-state index is 0.0526. The number of carbonyl (C=O) groups excluding carboxylic acids is 2. The van der Waals surface area contributed by atoms with Gasteiger partial charge in [0.2, 0.25) is 5.95 Å². The molecule has 4 saturated heterocycles. The number of hydrogen-bond acceptors (Lipinski definition) is 19. The standard InChI is InChI=1S/C24H28N2O3.C23H26N2O.C20H28N4O4.C19H27N5/c1-28-24-11-5-4-10-22(24)26-15-13-25(14-16-26)17-20(27)18-29-23-12-6-8-19-7-2-3-9-21(19)23;26-23(20-7-2-1-3-8-20)24-21-13-16-25(17-14-21)15-12-19-11-10-18-6-4-5-9-22(18)19;1-24(9-5-4-7-15(25)16-8-6-10-28-16)20-22-14-12-18(27-3)17(26-2)11-13(14)19(21)23-20;1-16-6-2-3-7-17(16)23-14-12-22(13-15-23)11-9-19-21-20-18-8-4-5-10-24(18)19/h2-12,20,27H,13-18H2,1H3;1-9,11,21H,10,12-17H2,(H,24,26);11-12,16H,4-10H2,1-3H3,(H2,21,22,23);2-3,6-7H,4-5,8-15H2,1H3. The van der Waals surface area contributed by atoms with E-state index in [4.69, 9.17) is 29.4 Å². The zero-order chi connectivity index (χ0) is 74.3. The van der Waals surface area contributed by atoms with Crippen molar-refractivity contribution >= 4 is 62.1 Å². The molecule has 0 radical (unpaired) electrons. The van der Waals surface area contributed by atoms with Gasteiger partial charge in [-0.25, -0.2) is 4.98 Å². The number of nitrogens with zero attached hydrogens (tertiary/aromatic N) is 11. The van der Waals surface area contributed by atoms with Gasteiger partial charge >= 0.3 is 0 Å². The van der Waals surface area contributed by atoms with Gasteiger partial charge in [-0.1, -0.05) is 115 Å². The maximum atomic E-state index is 12.3. The summed E-state index contributed by atoms with van der Waals surface area (Å²) in [6.45, 7) is 18.1. The molecule has 21 nitrogen and oxygen atoms in total. The Bertz CT molecular complexity index is 4350. The fourth-order valence-electron chi connectivity index (χ4n) is 15.3. The predicted molar refractivity (Wildman–Crippen MR) is 428 cm³/mol. The molecule has 0 saturated carbocycles. The Labute approximate surface area is 631 Å². The number of nitrogens with two attached hydrogens (primary N) is 1. The quantitative estimate of drug-likeness (QED) is 0.0454. The second-order valence-corrected chi connectivity index (χ2v) is 28.7. The van der Waals surface area contributed by atoms with Crippen molar-refractivity contribution in [1.82, 2.24) is 44.7 Å². The van der Waals surface area contributed by atoms with Crippen molar-refractivity contribution < 1.29 is 38.4 Å². The number of β-amino-alcohol motifs (C(OH)–C–C–N with tert-alkyl or cyclic N) is 1. The number of ketones is 1. The minimum atomic E-state index is -0.522. The van der Waals surface area contributed by atoms with E-state index in [-0.39, 0.29) is 17.8 Å². The number of aromatic nitrogens is 5. The average molecular weight is 1450 g/mol. The molecular formula is C86H109N13O8. The summed E-state index contributed by atoms with van der Waals surface area (Å²) in [7, 11) is 6.79. The van der Waals surface area contributed by atoms with E-state index < -0.39 is 6.10 Å². The molecule has 7 aromatic carbocycles. The van der Waals surface area contributed by atoms with Crippen molar-refractivity contribution in [1.29, 1.82) is 0 Å². The molecule has 9 aromatic rings. The van der Waals surface area contributed by atoms with Gasteiger partial charge in [-0.2, -0.15) is 4.98 Å². The molecule has 2 unspecified atom stereocenters. The zero-order valence-corrected chi connectivity index (χ0v) is 63.3. The maximum Gasteiger partial charge on any atom is 0.251 e. The van der Waals surface area contributed by atoms with Gasteiger partial charge < -0.3 is 64.0 Å². The highest BCUT2D eigenvalue weighted by molar-refractivity contribution is 5.94. The van der Waals surface area contributed by atoms with Crippen LogP contribution in [0.25, 0.3) is 27.2 Å². The number of piperidine rings is 1. The highest BCUT2D eigenvalue weighted by Crippen LogP contribution is 2.36. The second kappa shape index (κ2) is 38.8. The van der Waals surface area contributed by atoms with E-state index in [2.05, 4.69) is 134 Å². The Balaban J connectivity index is 0.000000134. The van der Waals surface area contributed by atoms with E-state index in [1.807, 2.05) is 90.8 Å². The number of Topliss-reactive ketones (excluding diaryl/α,β-unsaturated/α-hetero) is 1. The number of para-hydroxylation sites is 3. The van der Waals surface area contributed by atoms with Crippen LogP contribution in [-0.4, -0.2) is 208 Å². The van der Waals surface area contributed by atoms with Crippen LogP contribution in [-0.2, 0) is 35.3 Å². The summed E-state index contributed by atoms with van der Waals surface area (Å²) in [6, 6.07) is 53.1. The molecule has 6 aliphatic rings. The third kappa shape index (κ3) is 21.0. The average Bonchev–Trinajstić information content (AvgIpc) is 1.59. The first-order valence-electron chi connectivity index (χ1n) is 38.6. The summed E-state index contributed by atoms with van der Waals surface area (Å²) < 4.78 is 29.9. The summed E-state index contributed by atoms with van der Waals surface area (Å²) in [5.74, 6) is 6.49. The molecular weight excluding hydrogens is 1340 g/mol. The lowest BCUT2D eigenvalue weighted by Crippen LogP contribution is -2.49. The summed E-state index contributed by atoms with van der Waals surface area (Å²) in [6.07, 6.45) is 14.7. The molecule has 21 heteroatoms. The number of nitrogens with one attached hydrogen (secondary N) is 1. The fraction of sp³-hybridized carbons (Fsp3) is 0.442. The number of methoxy groups -OCH3 is 3. The first-order valence-corrected chi connectivity index (χ1v) is 38.6. The Morgan fingerprint density at radius 1 is 0.645 bits per heavy atom. The van der Waals surface area contributed by atoms with Crippen LogP contribution in [0.15, 0.2) is 164 Å². The maximum absolute atomic E-state index is 12.3. The number of benzene rings is 7. The Morgan fingerprint density at radius 3 is 2.07 bits per heavy atom. The van der Waals surface area contributed by atoms with Gasteiger partial charge in [-0.3, -0.25) is 19.4 Å². The van der Waals surface area contributed by atoms with Crippen molar-refractivity contribution in [2.75, 3.05) is 154 Å². The number of unbranched alkanes of at least 4 members (excludes halogenated alkanes) is 1. The van der Waals surface area contributed by atoms with E-state index in [1.165, 1.54) is 52.4 Å². The molecule has 107 heavy (non-hydrogen) atoms. The van der Waals surface area contributed by atoms with Crippen molar-refractivity contribution in [2.45, 2.75) is 115 Å². The Kier molecular flexibility index (Phi) is 27.9. The monoisotopic (exact) mass is 1450 g/mol. The van der Waals surface area contributed by atoms with E-state index in [0.29, 0.717) is 61.0 Å². The van der Waals surface area contributed by atoms with Crippen molar-refractivity contribution in [3.05, 3.63) is 198 Å². The van der Waals surface area contributed by atoms with Gasteiger partial charge in [0.1, 0.15) is 47.8 Å². The van der Waals surface area contributed by atoms with Crippen LogP contribution in [0.1, 0.15) is 103 Å². The number of nitrogen functional groups attached to an aromatic ring is 1. The summed E-state index contributed by atoms with van der Waals surface area (Å²) in [4.78, 5) is 47.6. The van der Waals surface area contributed by atoms with Crippen LogP contribution >= 0.6 is 0 Å². The zero-order valence-electron chi connectivity index (χ0n) is 63.3. The molecule has 0 bridgehead atoms. The summed E-state index contributed by atoms with van der Waals surface area (Å²) in [5, 5.41) is 25.4. The molecule has 7 heterocycles. The number of piperazine rings is 2. The number of carbonyl (C=O) groups is 2. The Hall–Kier alpha value is -9.64. The number of aliphatic hydroxyl groups is 1. The molecule has 566 valence electrons. The number of amides is 1. The normalized spacial score (nSPS) is 17.1. The van der Waals surface area contributed by atoms with Gasteiger partial charge in [-0.15, -0.1) is 10.2 Å². The lowest BCUT2D eigenvalue weighted by atomic mass is 10.0. The number of hydrogen-bond donors (Lipinski definition) is 3. The predicted octanol–water partition coefficient (Wildman–Crippen LogP) is 12.2. The lowest BCUT2D eigenvalue weighted by Gasteiger charge is -2.37. The van der Waals surface area contributed by atoms with E-state index in [1.54, 1.807) is 33.5 Å². The molecule has 2 aromatic heterocycles. The number of anilines is 4. The van der Waals surface area contributed by atoms with Crippen LogP contribution in [0, 0.1) is 6.92 Å². The van der Waals surface area contributed by atoms with Gasteiger partial charge in [0.05, 0.1) is 32.5 Å². The number of aryl methyl sites for hydroxylation is 2. The van der Waals surface area contributed by atoms with Crippen molar-refractivity contribution in [3.8, 4) is 23.0 Å². The van der Waals surface area contributed by atoms with Crippen LogP contribution in [0.3, 0.4) is 0 Å². The molecule has 0 spiro atoms. The summed E-state index contributed by atoms with van der Waals surface area (Å²) >= 11 is 0. The largest absolute Gasteiger partial charge is 0.495 e. The highest BCUT2D eigenvalue weighted by atomic mass is 16.5. The van der Waals surface area contributed by atoms with Crippen LogP contribution in [0.4, 0.5) is 23.1 Å².